The molecule has 0 heterocycles. The summed E-state index contributed by atoms with van der Waals surface area (Å²) in [6.07, 6.45) is 40.7. The first-order chi connectivity index (χ1) is 24.2. The first kappa shape index (κ1) is 48.9. The Morgan fingerprint density at radius 1 is 0.460 bits per heavy atom. The van der Waals surface area contributed by atoms with Crippen LogP contribution in [0.1, 0.15) is 259 Å². The third-order valence-corrected chi connectivity index (χ3v) is 10.5. The highest BCUT2D eigenvalue weighted by molar-refractivity contribution is 5.70. The number of esters is 2. The Bertz CT molecular complexity index is 723. The number of ether oxygens (including phenoxy) is 2. The zero-order valence-corrected chi connectivity index (χ0v) is 34.6. The molecule has 0 aromatic heterocycles. The molecule has 0 radical (unpaired) electrons. The van der Waals surface area contributed by atoms with E-state index in [1.54, 1.807) is 0 Å². The highest BCUT2D eigenvalue weighted by Crippen LogP contribution is 2.22. The maximum atomic E-state index is 12.6. The van der Waals surface area contributed by atoms with Crippen LogP contribution in [0.2, 0.25) is 0 Å². The van der Waals surface area contributed by atoms with Crippen molar-refractivity contribution in [2.75, 3.05) is 0 Å². The van der Waals surface area contributed by atoms with Crippen LogP contribution in [0.4, 0.5) is 0 Å². The lowest BCUT2D eigenvalue weighted by Crippen LogP contribution is -2.27. The van der Waals surface area contributed by atoms with E-state index >= 15 is 0 Å². The van der Waals surface area contributed by atoms with E-state index in [0.29, 0.717) is 18.9 Å². The van der Waals surface area contributed by atoms with E-state index in [2.05, 4.69) is 34.6 Å². The molecule has 1 unspecified atom stereocenters. The van der Waals surface area contributed by atoms with Crippen LogP contribution in [0, 0.1) is 0 Å². The molecule has 0 saturated heterocycles. The van der Waals surface area contributed by atoms with Crippen LogP contribution in [-0.2, 0) is 19.1 Å². The van der Waals surface area contributed by atoms with Gasteiger partial charge in [-0.3, -0.25) is 9.59 Å². The lowest BCUT2D eigenvalue weighted by Gasteiger charge is -2.25. The van der Waals surface area contributed by atoms with Gasteiger partial charge in [-0.15, -0.1) is 0 Å². The maximum absolute atomic E-state index is 12.6. The molecular weight excluding hydrogens is 618 g/mol. The molecule has 0 amide bonds. The SMILES string of the molecule is CCCCCCCCC(CCCCCCCC)OC(=O)CCCCCCCC(N)CCCCCCCC(=O)OC(C)(C)CCCCCCCC. The van der Waals surface area contributed by atoms with Gasteiger partial charge in [-0.1, -0.05) is 168 Å². The first-order valence-corrected chi connectivity index (χ1v) is 22.4. The summed E-state index contributed by atoms with van der Waals surface area (Å²) in [7, 11) is 0. The van der Waals surface area contributed by atoms with Gasteiger partial charge in [0.1, 0.15) is 11.7 Å². The molecule has 2 N–H and O–H groups in total. The topological polar surface area (TPSA) is 78.6 Å². The standard InChI is InChI=1S/C45H89NO4/c1-6-9-12-15-22-29-36-42(37-30-23-16-13-10-7-2)49-43(47)38-31-24-18-20-27-34-41(46)35-28-21-19-25-32-39-44(48)50-45(4,5)40-33-26-17-14-11-8-3/h41-42H,6-40,46H2,1-5H3. The molecule has 5 nitrogen and oxygen atoms in total. The lowest BCUT2D eigenvalue weighted by atomic mass is 9.99. The quantitative estimate of drug-likeness (QED) is 0.0508. The zero-order valence-electron chi connectivity index (χ0n) is 34.6. The van der Waals surface area contributed by atoms with E-state index in [-0.39, 0.29) is 23.6 Å². The van der Waals surface area contributed by atoms with Gasteiger partial charge >= 0.3 is 11.9 Å². The van der Waals surface area contributed by atoms with Gasteiger partial charge in [0, 0.05) is 18.9 Å². The molecule has 0 fully saturated rings. The van der Waals surface area contributed by atoms with E-state index in [9.17, 15) is 9.59 Å². The number of rotatable bonds is 39. The Labute approximate surface area is 313 Å². The van der Waals surface area contributed by atoms with Gasteiger partial charge in [0.05, 0.1) is 0 Å². The molecule has 0 rings (SSSR count). The zero-order chi connectivity index (χ0) is 37.0. The number of nitrogens with two attached hydrogens (primary N) is 1. The molecule has 50 heavy (non-hydrogen) atoms. The molecule has 0 bridgehead atoms. The van der Waals surface area contributed by atoms with E-state index < -0.39 is 0 Å². The van der Waals surface area contributed by atoms with Crippen molar-refractivity contribution < 1.29 is 19.1 Å². The van der Waals surface area contributed by atoms with Crippen LogP contribution < -0.4 is 5.73 Å². The average Bonchev–Trinajstić information content (AvgIpc) is 3.08. The molecule has 0 spiro atoms. The third-order valence-electron chi connectivity index (χ3n) is 10.5. The van der Waals surface area contributed by atoms with Crippen molar-refractivity contribution in [1.82, 2.24) is 0 Å². The monoisotopic (exact) mass is 708 g/mol. The molecule has 0 aliphatic rings. The van der Waals surface area contributed by atoms with Crippen molar-refractivity contribution in [3.8, 4) is 0 Å². The van der Waals surface area contributed by atoms with Crippen molar-refractivity contribution >= 4 is 11.9 Å². The largest absolute Gasteiger partial charge is 0.462 e. The predicted octanol–water partition coefficient (Wildman–Crippen LogP) is 14.3. The summed E-state index contributed by atoms with van der Waals surface area (Å²) in [5.74, 6) is -0.00847. The molecule has 0 aromatic carbocycles. The van der Waals surface area contributed by atoms with Gasteiger partial charge in [0.15, 0.2) is 0 Å². The van der Waals surface area contributed by atoms with Gasteiger partial charge in [0.2, 0.25) is 0 Å². The Hall–Kier alpha value is -1.10. The highest BCUT2D eigenvalue weighted by atomic mass is 16.6. The van der Waals surface area contributed by atoms with Gasteiger partial charge in [-0.05, 0) is 78.1 Å². The maximum Gasteiger partial charge on any atom is 0.306 e. The van der Waals surface area contributed by atoms with Gasteiger partial charge in [-0.25, -0.2) is 0 Å². The summed E-state index contributed by atoms with van der Waals surface area (Å²) in [5.41, 5.74) is 6.07. The number of hydrogen-bond acceptors (Lipinski definition) is 5. The van der Waals surface area contributed by atoms with Crippen LogP contribution in [-0.4, -0.2) is 29.7 Å². The van der Waals surface area contributed by atoms with E-state index in [1.165, 1.54) is 148 Å². The summed E-state index contributed by atoms with van der Waals surface area (Å²) in [5, 5.41) is 0. The molecular formula is C45H89NO4. The van der Waals surface area contributed by atoms with E-state index in [1.807, 2.05) is 0 Å². The second-order valence-electron chi connectivity index (χ2n) is 16.3. The third kappa shape index (κ3) is 35.3. The molecule has 0 aromatic rings. The molecule has 0 aliphatic carbocycles. The summed E-state index contributed by atoms with van der Waals surface area (Å²) >= 11 is 0. The smallest absolute Gasteiger partial charge is 0.306 e. The van der Waals surface area contributed by atoms with Crippen LogP contribution in [0.15, 0.2) is 0 Å². The van der Waals surface area contributed by atoms with Crippen molar-refractivity contribution in [2.24, 2.45) is 5.73 Å². The molecule has 1 atom stereocenters. The normalized spacial score (nSPS) is 12.5. The number of hydrogen-bond donors (Lipinski definition) is 1. The summed E-state index contributed by atoms with van der Waals surface area (Å²) in [4.78, 5) is 25.0. The van der Waals surface area contributed by atoms with Crippen molar-refractivity contribution in [3.05, 3.63) is 0 Å². The van der Waals surface area contributed by atoms with Crippen LogP contribution in [0.5, 0.6) is 0 Å². The van der Waals surface area contributed by atoms with Gasteiger partial charge in [0.25, 0.3) is 0 Å². The number of unbranched alkanes of at least 4 members (excludes halogenated alkanes) is 23. The highest BCUT2D eigenvalue weighted by Gasteiger charge is 2.22. The molecule has 5 heteroatoms. The Balaban J connectivity index is 3.86. The summed E-state index contributed by atoms with van der Waals surface area (Å²) < 4.78 is 11.8. The average molecular weight is 708 g/mol. The van der Waals surface area contributed by atoms with Crippen molar-refractivity contribution in [2.45, 2.75) is 277 Å². The van der Waals surface area contributed by atoms with Crippen molar-refractivity contribution in [3.63, 3.8) is 0 Å². The fourth-order valence-corrected chi connectivity index (χ4v) is 7.11. The molecule has 0 aliphatic heterocycles. The van der Waals surface area contributed by atoms with Crippen molar-refractivity contribution in [1.29, 1.82) is 0 Å². The lowest BCUT2D eigenvalue weighted by molar-refractivity contribution is -0.157. The minimum atomic E-state index is -0.338. The Morgan fingerprint density at radius 2 is 0.800 bits per heavy atom. The Kier molecular flexibility index (Phi) is 35.5. The van der Waals surface area contributed by atoms with Gasteiger partial charge < -0.3 is 15.2 Å². The van der Waals surface area contributed by atoms with Crippen LogP contribution in [0.25, 0.3) is 0 Å². The predicted molar refractivity (Wildman–Crippen MR) is 217 cm³/mol. The first-order valence-electron chi connectivity index (χ1n) is 22.4. The summed E-state index contributed by atoms with van der Waals surface area (Å²) in [6.45, 7) is 10.9. The van der Waals surface area contributed by atoms with Crippen LogP contribution >= 0.6 is 0 Å². The number of carbonyl (C=O) groups is 2. The van der Waals surface area contributed by atoms with E-state index in [4.69, 9.17) is 15.2 Å². The minimum Gasteiger partial charge on any atom is -0.462 e. The second-order valence-corrected chi connectivity index (χ2v) is 16.3. The van der Waals surface area contributed by atoms with E-state index in [0.717, 1.165) is 64.2 Å². The molecule has 0 saturated carbocycles. The fourth-order valence-electron chi connectivity index (χ4n) is 7.11. The number of carbonyl (C=O) groups excluding carboxylic acids is 2. The van der Waals surface area contributed by atoms with Gasteiger partial charge in [-0.2, -0.15) is 0 Å². The molecule has 298 valence electrons. The Morgan fingerprint density at radius 3 is 1.24 bits per heavy atom. The fraction of sp³-hybridized carbons (Fsp3) is 0.956. The summed E-state index contributed by atoms with van der Waals surface area (Å²) in [6, 6.07) is 0.295. The second kappa shape index (κ2) is 36.3. The van der Waals surface area contributed by atoms with Crippen LogP contribution in [0.3, 0.4) is 0 Å². The minimum absolute atomic E-state index is 0.0247.